The highest BCUT2D eigenvalue weighted by atomic mass is 32.2. The predicted molar refractivity (Wildman–Crippen MR) is 113 cm³/mol. The number of rotatable bonds is 6. The van der Waals surface area contributed by atoms with Gasteiger partial charge in [-0.05, 0) is 18.9 Å². The molecule has 12 heteroatoms. The van der Waals surface area contributed by atoms with Crippen molar-refractivity contribution in [3.8, 4) is 11.8 Å². The lowest BCUT2D eigenvalue weighted by Gasteiger charge is -2.20. The molecule has 30 heavy (non-hydrogen) atoms. The molecular weight excluding hydrogens is 430 g/mol. The van der Waals surface area contributed by atoms with Crippen molar-refractivity contribution < 1.29 is 22.7 Å². The van der Waals surface area contributed by atoms with Gasteiger partial charge in [0, 0.05) is 18.7 Å². The first-order valence-electron chi connectivity index (χ1n) is 9.03. The van der Waals surface area contributed by atoms with Gasteiger partial charge in [-0.25, -0.2) is 17.9 Å². The standard InChI is InChI=1S/C18H21N5O5S2/c1-27-14-11-15(28-2)20-17(19-14)21-18(24)22-30(25,26)13-8-4-3-7-12(13)16(29)23-9-5-6-10-23/h3-4,7-8,11H,5-6,9-10H2,1-2H3,(H2,19,20,21,22,24). The number of hydrogen-bond acceptors (Lipinski definition) is 8. The van der Waals surface area contributed by atoms with E-state index < -0.39 is 16.1 Å². The van der Waals surface area contributed by atoms with E-state index in [0.717, 1.165) is 25.9 Å². The van der Waals surface area contributed by atoms with Gasteiger partial charge in [0.05, 0.1) is 25.2 Å². The Balaban J connectivity index is 1.80. The number of thiocarbonyl (C=S) groups is 1. The molecule has 1 saturated heterocycles. The minimum atomic E-state index is -4.21. The summed E-state index contributed by atoms with van der Waals surface area (Å²) in [5.74, 6) is 0.0994. The third-order valence-electron chi connectivity index (χ3n) is 4.35. The molecule has 3 rings (SSSR count). The Kier molecular flexibility index (Phi) is 6.67. The number of methoxy groups -OCH3 is 2. The van der Waals surface area contributed by atoms with E-state index in [1.807, 2.05) is 9.62 Å². The highest BCUT2D eigenvalue weighted by molar-refractivity contribution is 7.90. The molecule has 0 atom stereocenters. The molecule has 1 aromatic heterocycles. The molecule has 0 radical (unpaired) electrons. The summed E-state index contributed by atoms with van der Waals surface area (Å²) < 4.78 is 37.7. The third kappa shape index (κ3) is 4.94. The minimum absolute atomic E-state index is 0.0822. The molecule has 1 fully saturated rings. The van der Waals surface area contributed by atoms with Gasteiger partial charge in [-0.1, -0.05) is 30.4 Å². The second-order valence-corrected chi connectivity index (χ2v) is 8.37. The number of benzene rings is 1. The number of amides is 2. The quantitative estimate of drug-likeness (QED) is 0.633. The Bertz CT molecular complexity index is 1030. The summed E-state index contributed by atoms with van der Waals surface area (Å²) >= 11 is 5.50. The van der Waals surface area contributed by atoms with Crippen LogP contribution in [0.25, 0.3) is 0 Å². The molecule has 2 N–H and O–H groups in total. The molecule has 0 spiro atoms. The fourth-order valence-electron chi connectivity index (χ4n) is 2.94. The van der Waals surface area contributed by atoms with Crippen molar-refractivity contribution in [1.82, 2.24) is 19.6 Å². The summed E-state index contributed by atoms with van der Waals surface area (Å²) in [6, 6.07) is 6.68. The van der Waals surface area contributed by atoms with Crippen LogP contribution >= 0.6 is 12.2 Å². The number of ether oxygens (including phenoxy) is 2. The lowest BCUT2D eigenvalue weighted by molar-refractivity contribution is 0.256. The monoisotopic (exact) mass is 451 g/mol. The van der Waals surface area contributed by atoms with Gasteiger partial charge in [0.2, 0.25) is 17.7 Å². The van der Waals surface area contributed by atoms with Crippen LogP contribution in [0.4, 0.5) is 10.7 Å². The number of nitrogens with zero attached hydrogens (tertiary/aromatic N) is 3. The minimum Gasteiger partial charge on any atom is -0.481 e. The fourth-order valence-corrected chi connectivity index (χ4v) is 4.48. The zero-order chi connectivity index (χ0) is 21.7. The second-order valence-electron chi connectivity index (χ2n) is 6.33. The van der Waals surface area contributed by atoms with E-state index in [0.29, 0.717) is 10.6 Å². The molecule has 0 bridgehead atoms. The van der Waals surface area contributed by atoms with Crippen molar-refractivity contribution >= 4 is 39.2 Å². The van der Waals surface area contributed by atoms with Gasteiger partial charge < -0.3 is 14.4 Å². The van der Waals surface area contributed by atoms with Crippen LogP contribution in [0.1, 0.15) is 18.4 Å². The van der Waals surface area contributed by atoms with Crippen LogP contribution in [0, 0.1) is 0 Å². The first-order chi connectivity index (χ1) is 14.3. The number of likely N-dealkylation sites (tertiary alicyclic amines) is 1. The molecule has 0 aliphatic carbocycles. The summed E-state index contributed by atoms with van der Waals surface area (Å²) in [6.45, 7) is 1.55. The third-order valence-corrected chi connectivity index (χ3v) is 6.22. The Hall–Kier alpha value is -2.99. The molecule has 0 saturated carbocycles. The van der Waals surface area contributed by atoms with Crippen LogP contribution in [0.15, 0.2) is 35.2 Å². The zero-order valence-electron chi connectivity index (χ0n) is 16.4. The lowest BCUT2D eigenvalue weighted by Crippen LogP contribution is -2.36. The normalized spacial score (nSPS) is 13.6. The molecule has 1 aliphatic heterocycles. The summed E-state index contributed by atoms with van der Waals surface area (Å²) in [5, 5.41) is 2.27. The highest BCUT2D eigenvalue weighted by Gasteiger charge is 2.26. The summed E-state index contributed by atoms with van der Waals surface area (Å²) in [7, 11) is -1.44. The van der Waals surface area contributed by atoms with Crippen molar-refractivity contribution in [1.29, 1.82) is 0 Å². The Morgan fingerprint density at radius 1 is 1.10 bits per heavy atom. The summed E-state index contributed by atoms with van der Waals surface area (Å²) in [4.78, 5) is 22.5. The van der Waals surface area contributed by atoms with Crippen LogP contribution in [-0.4, -0.2) is 61.6 Å². The fraction of sp³-hybridized carbons (Fsp3) is 0.333. The van der Waals surface area contributed by atoms with E-state index in [1.54, 1.807) is 18.2 Å². The number of nitrogens with one attached hydrogen (secondary N) is 2. The van der Waals surface area contributed by atoms with Crippen molar-refractivity contribution in [2.75, 3.05) is 32.6 Å². The van der Waals surface area contributed by atoms with Gasteiger partial charge in [0.25, 0.3) is 10.0 Å². The van der Waals surface area contributed by atoms with E-state index in [2.05, 4.69) is 15.3 Å². The van der Waals surface area contributed by atoms with Crippen LogP contribution in [-0.2, 0) is 10.0 Å². The largest absolute Gasteiger partial charge is 0.481 e. The summed E-state index contributed by atoms with van der Waals surface area (Å²) in [6.07, 6.45) is 2.00. The maximum Gasteiger partial charge on any atom is 0.335 e. The topological polar surface area (TPSA) is 123 Å². The Morgan fingerprint density at radius 3 is 2.30 bits per heavy atom. The van der Waals surface area contributed by atoms with Crippen molar-refractivity contribution in [2.24, 2.45) is 0 Å². The first-order valence-corrected chi connectivity index (χ1v) is 10.9. The number of aromatic nitrogens is 2. The average Bonchev–Trinajstić information content (AvgIpc) is 3.27. The maximum absolute atomic E-state index is 12.9. The number of hydrogen-bond donors (Lipinski definition) is 2. The van der Waals surface area contributed by atoms with Crippen molar-refractivity contribution in [2.45, 2.75) is 17.7 Å². The Labute approximate surface area is 179 Å². The molecule has 2 amide bonds. The number of carbonyl (C=O) groups is 1. The van der Waals surface area contributed by atoms with Gasteiger partial charge in [-0.15, -0.1) is 0 Å². The van der Waals surface area contributed by atoms with E-state index in [4.69, 9.17) is 21.7 Å². The second kappa shape index (κ2) is 9.22. The SMILES string of the molecule is COc1cc(OC)nc(NC(=O)NS(=O)(=O)c2ccccc2C(=S)N2CCCC2)n1. The molecule has 1 aliphatic rings. The smallest absolute Gasteiger partial charge is 0.335 e. The molecule has 10 nitrogen and oxygen atoms in total. The predicted octanol–water partition coefficient (Wildman–Crippen LogP) is 1.78. The van der Waals surface area contributed by atoms with Crippen molar-refractivity contribution in [3.63, 3.8) is 0 Å². The molecule has 2 heterocycles. The molecule has 2 aromatic rings. The average molecular weight is 452 g/mol. The van der Waals surface area contributed by atoms with Crippen LogP contribution in [0.2, 0.25) is 0 Å². The van der Waals surface area contributed by atoms with Gasteiger partial charge >= 0.3 is 6.03 Å². The van der Waals surface area contributed by atoms with Crippen molar-refractivity contribution in [3.05, 3.63) is 35.9 Å². The van der Waals surface area contributed by atoms with Crippen LogP contribution in [0.3, 0.4) is 0 Å². The molecule has 160 valence electrons. The van der Waals surface area contributed by atoms with Crippen LogP contribution in [0.5, 0.6) is 11.8 Å². The van der Waals surface area contributed by atoms with Crippen LogP contribution < -0.4 is 19.5 Å². The van der Waals surface area contributed by atoms with E-state index in [9.17, 15) is 13.2 Å². The van der Waals surface area contributed by atoms with Gasteiger partial charge in [0.1, 0.15) is 4.99 Å². The molecular formula is C18H21N5O5S2. The lowest BCUT2D eigenvalue weighted by atomic mass is 10.2. The zero-order valence-corrected chi connectivity index (χ0v) is 18.0. The summed E-state index contributed by atoms with van der Waals surface area (Å²) in [5.41, 5.74) is 0.369. The Morgan fingerprint density at radius 2 is 1.70 bits per heavy atom. The molecule has 1 aromatic carbocycles. The maximum atomic E-state index is 12.9. The van der Waals surface area contributed by atoms with E-state index in [1.165, 1.54) is 26.4 Å². The van der Waals surface area contributed by atoms with E-state index in [-0.39, 0.29) is 22.6 Å². The van der Waals surface area contributed by atoms with E-state index >= 15 is 0 Å². The highest BCUT2D eigenvalue weighted by Crippen LogP contribution is 2.21. The van der Waals surface area contributed by atoms with Gasteiger partial charge in [-0.2, -0.15) is 9.97 Å². The number of sulfonamides is 1. The van der Waals surface area contributed by atoms with Gasteiger partial charge in [0.15, 0.2) is 0 Å². The first kappa shape index (κ1) is 21.7. The molecule has 0 unspecified atom stereocenters. The number of carbonyl (C=O) groups excluding carboxylic acids is 1. The number of anilines is 1. The number of urea groups is 1. The van der Waals surface area contributed by atoms with Gasteiger partial charge in [-0.3, -0.25) is 5.32 Å².